The highest BCUT2D eigenvalue weighted by atomic mass is 79.9. The van der Waals surface area contributed by atoms with E-state index in [2.05, 4.69) is 34.2 Å². The molecule has 1 heterocycles. The Bertz CT molecular complexity index is 787. The van der Waals surface area contributed by atoms with Crippen molar-refractivity contribution in [2.75, 3.05) is 18.0 Å². The van der Waals surface area contributed by atoms with E-state index in [0.717, 1.165) is 29.5 Å². The van der Waals surface area contributed by atoms with Crippen molar-refractivity contribution in [3.8, 4) is 0 Å². The topological polar surface area (TPSA) is 49.4 Å². The predicted octanol–water partition coefficient (Wildman–Crippen LogP) is 3.86. The van der Waals surface area contributed by atoms with E-state index in [-0.39, 0.29) is 11.8 Å². The van der Waals surface area contributed by atoms with Crippen LogP contribution in [-0.4, -0.2) is 24.9 Å². The molecule has 130 valence electrons. The lowest BCUT2D eigenvalue weighted by Gasteiger charge is -2.30. The molecule has 0 saturated carbocycles. The SMILES string of the molecule is Cc1ccc2c(c1)CCCN2C(=O)CCNC(=O)c1ccc(Br)cc1. The summed E-state index contributed by atoms with van der Waals surface area (Å²) in [4.78, 5) is 26.5. The summed E-state index contributed by atoms with van der Waals surface area (Å²) in [5, 5.41) is 2.82. The lowest BCUT2D eigenvalue weighted by atomic mass is 9.99. The van der Waals surface area contributed by atoms with E-state index in [9.17, 15) is 9.59 Å². The van der Waals surface area contributed by atoms with Gasteiger partial charge in [-0.2, -0.15) is 0 Å². The first kappa shape index (κ1) is 17.7. The van der Waals surface area contributed by atoms with Gasteiger partial charge in [-0.1, -0.05) is 33.6 Å². The molecule has 4 nitrogen and oxygen atoms in total. The van der Waals surface area contributed by atoms with E-state index in [1.54, 1.807) is 12.1 Å². The van der Waals surface area contributed by atoms with Gasteiger partial charge in [0.2, 0.25) is 5.91 Å². The molecule has 0 aromatic heterocycles. The maximum atomic E-state index is 12.6. The molecule has 2 aromatic rings. The number of benzene rings is 2. The zero-order valence-corrected chi connectivity index (χ0v) is 15.8. The number of aryl methyl sites for hydroxylation is 2. The van der Waals surface area contributed by atoms with Crippen molar-refractivity contribution in [2.45, 2.75) is 26.2 Å². The predicted molar refractivity (Wildman–Crippen MR) is 103 cm³/mol. The molecule has 1 aliphatic rings. The average molecular weight is 401 g/mol. The molecule has 1 aliphatic heterocycles. The number of hydrogen-bond acceptors (Lipinski definition) is 2. The fraction of sp³-hybridized carbons (Fsp3) is 0.300. The molecule has 2 amide bonds. The van der Waals surface area contributed by atoms with Crippen molar-refractivity contribution in [1.82, 2.24) is 5.32 Å². The normalized spacial score (nSPS) is 13.3. The molecule has 5 heteroatoms. The first-order valence-corrected chi connectivity index (χ1v) is 9.27. The largest absolute Gasteiger partial charge is 0.352 e. The van der Waals surface area contributed by atoms with Crippen LogP contribution in [0.25, 0.3) is 0 Å². The molecule has 0 aliphatic carbocycles. The van der Waals surface area contributed by atoms with Crippen LogP contribution in [0.1, 0.15) is 34.3 Å². The van der Waals surface area contributed by atoms with E-state index in [4.69, 9.17) is 0 Å². The van der Waals surface area contributed by atoms with Crippen LogP contribution in [0.15, 0.2) is 46.9 Å². The van der Waals surface area contributed by atoms with E-state index in [0.29, 0.717) is 18.5 Å². The molecule has 25 heavy (non-hydrogen) atoms. The third-order valence-corrected chi connectivity index (χ3v) is 4.91. The van der Waals surface area contributed by atoms with E-state index in [1.807, 2.05) is 29.2 Å². The molecular formula is C20H21BrN2O2. The van der Waals surface area contributed by atoms with E-state index < -0.39 is 0 Å². The van der Waals surface area contributed by atoms with Crippen LogP contribution in [0.2, 0.25) is 0 Å². The minimum Gasteiger partial charge on any atom is -0.352 e. The standard InChI is InChI=1S/C20H21BrN2O2/c1-14-4-9-18-16(13-14)3-2-12-23(18)19(24)10-11-22-20(25)15-5-7-17(21)8-6-15/h4-9,13H,2-3,10-12H2,1H3,(H,22,25). The Labute approximate surface area is 156 Å². The number of amides is 2. The molecule has 3 rings (SSSR count). The monoisotopic (exact) mass is 400 g/mol. The average Bonchev–Trinajstić information content (AvgIpc) is 2.61. The zero-order valence-electron chi connectivity index (χ0n) is 14.2. The second kappa shape index (κ2) is 7.83. The molecule has 0 bridgehead atoms. The van der Waals surface area contributed by atoms with Crippen LogP contribution >= 0.6 is 15.9 Å². The molecule has 0 radical (unpaired) electrons. The van der Waals surface area contributed by atoms with Crippen molar-refractivity contribution >= 4 is 33.4 Å². The Kier molecular flexibility index (Phi) is 5.53. The number of carbonyl (C=O) groups is 2. The first-order chi connectivity index (χ1) is 12.0. The summed E-state index contributed by atoms with van der Waals surface area (Å²) in [6.07, 6.45) is 2.30. The van der Waals surface area contributed by atoms with E-state index in [1.165, 1.54) is 11.1 Å². The molecule has 2 aromatic carbocycles. The zero-order chi connectivity index (χ0) is 17.8. The number of rotatable bonds is 4. The maximum absolute atomic E-state index is 12.6. The summed E-state index contributed by atoms with van der Waals surface area (Å²) in [7, 11) is 0. The Morgan fingerprint density at radius 2 is 1.92 bits per heavy atom. The lowest BCUT2D eigenvalue weighted by Crippen LogP contribution is -2.37. The molecule has 0 atom stereocenters. The summed E-state index contributed by atoms with van der Waals surface area (Å²) >= 11 is 3.35. The Morgan fingerprint density at radius 1 is 1.16 bits per heavy atom. The Balaban J connectivity index is 1.57. The van der Waals surface area contributed by atoms with Gasteiger partial charge < -0.3 is 10.2 Å². The van der Waals surface area contributed by atoms with Crippen molar-refractivity contribution < 1.29 is 9.59 Å². The summed E-state index contributed by atoms with van der Waals surface area (Å²) in [5.74, 6) is -0.101. The highest BCUT2D eigenvalue weighted by Crippen LogP contribution is 2.28. The molecule has 1 N–H and O–H groups in total. The van der Waals surface area contributed by atoms with Gasteiger partial charge in [0.1, 0.15) is 0 Å². The fourth-order valence-corrected chi connectivity index (χ4v) is 3.37. The second-order valence-corrected chi connectivity index (χ2v) is 7.21. The minimum atomic E-state index is -0.157. The number of hydrogen-bond donors (Lipinski definition) is 1. The van der Waals surface area contributed by atoms with Crippen LogP contribution in [0, 0.1) is 6.92 Å². The van der Waals surface area contributed by atoms with Gasteiger partial charge in [-0.05, 0) is 55.7 Å². The van der Waals surface area contributed by atoms with Crippen LogP contribution in [0.4, 0.5) is 5.69 Å². The van der Waals surface area contributed by atoms with Crippen molar-refractivity contribution in [2.24, 2.45) is 0 Å². The molecule has 0 unspecified atom stereocenters. The van der Waals surface area contributed by atoms with Crippen LogP contribution in [0.3, 0.4) is 0 Å². The number of nitrogens with one attached hydrogen (secondary N) is 1. The highest BCUT2D eigenvalue weighted by molar-refractivity contribution is 9.10. The number of halogens is 1. The van der Waals surface area contributed by atoms with Crippen molar-refractivity contribution in [1.29, 1.82) is 0 Å². The van der Waals surface area contributed by atoms with Gasteiger partial charge in [0, 0.05) is 35.2 Å². The van der Waals surface area contributed by atoms with Crippen LogP contribution in [0.5, 0.6) is 0 Å². The number of nitrogens with zero attached hydrogens (tertiary/aromatic N) is 1. The van der Waals surface area contributed by atoms with Gasteiger partial charge in [0.05, 0.1) is 0 Å². The van der Waals surface area contributed by atoms with Crippen LogP contribution in [-0.2, 0) is 11.2 Å². The van der Waals surface area contributed by atoms with Gasteiger partial charge in [-0.3, -0.25) is 9.59 Å². The Morgan fingerprint density at radius 3 is 2.68 bits per heavy atom. The summed E-state index contributed by atoms with van der Waals surface area (Å²) in [6, 6.07) is 13.4. The molecule has 0 spiro atoms. The lowest BCUT2D eigenvalue weighted by molar-refractivity contribution is -0.118. The number of carbonyl (C=O) groups excluding carboxylic acids is 2. The first-order valence-electron chi connectivity index (χ1n) is 8.48. The number of fused-ring (bicyclic) bond motifs is 1. The number of anilines is 1. The third-order valence-electron chi connectivity index (χ3n) is 4.39. The third kappa shape index (κ3) is 4.28. The molecular weight excluding hydrogens is 380 g/mol. The summed E-state index contributed by atoms with van der Waals surface area (Å²) < 4.78 is 0.929. The summed E-state index contributed by atoms with van der Waals surface area (Å²) in [5.41, 5.74) is 4.06. The van der Waals surface area contributed by atoms with Crippen molar-refractivity contribution in [3.05, 3.63) is 63.6 Å². The van der Waals surface area contributed by atoms with Crippen LogP contribution < -0.4 is 10.2 Å². The second-order valence-electron chi connectivity index (χ2n) is 6.29. The molecule has 0 saturated heterocycles. The van der Waals surface area contributed by atoms with Gasteiger partial charge in [-0.15, -0.1) is 0 Å². The van der Waals surface area contributed by atoms with Gasteiger partial charge >= 0.3 is 0 Å². The van der Waals surface area contributed by atoms with Gasteiger partial charge in [0.15, 0.2) is 0 Å². The van der Waals surface area contributed by atoms with Gasteiger partial charge in [0.25, 0.3) is 5.91 Å². The fourth-order valence-electron chi connectivity index (χ4n) is 3.11. The smallest absolute Gasteiger partial charge is 0.251 e. The molecule has 0 fully saturated rings. The Hall–Kier alpha value is -2.14. The maximum Gasteiger partial charge on any atom is 0.251 e. The van der Waals surface area contributed by atoms with Crippen molar-refractivity contribution in [3.63, 3.8) is 0 Å². The van der Waals surface area contributed by atoms with E-state index >= 15 is 0 Å². The van der Waals surface area contributed by atoms with Gasteiger partial charge in [-0.25, -0.2) is 0 Å². The quantitative estimate of drug-likeness (QED) is 0.846. The summed E-state index contributed by atoms with van der Waals surface area (Å²) in [6.45, 7) is 3.15. The highest BCUT2D eigenvalue weighted by Gasteiger charge is 2.22. The minimum absolute atomic E-state index is 0.0564.